The zero-order valence-corrected chi connectivity index (χ0v) is 14.2. The van der Waals surface area contributed by atoms with E-state index in [1.54, 1.807) is 17.0 Å². The van der Waals surface area contributed by atoms with E-state index in [1.165, 1.54) is 25.3 Å². The topological polar surface area (TPSA) is 49.8 Å². The van der Waals surface area contributed by atoms with E-state index >= 15 is 0 Å². The van der Waals surface area contributed by atoms with Gasteiger partial charge in [-0.05, 0) is 55.0 Å². The second-order valence-corrected chi connectivity index (χ2v) is 6.45. The molecule has 2 aromatic rings. The smallest absolute Gasteiger partial charge is 0.257 e. The van der Waals surface area contributed by atoms with Crippen molar-refractivity contribution in [3.05, 3.63) is 59.4 Å². The molecule has 25 heavy (non-hydrogen) atoms. The Morgan fingerprint density at radius 3 is 2.48 bits per heavy atom. The summed E-state index contributed by atoms with van der Waals surface area (Å²) >= 11 is 0. The van der Waals surface area contributed by atoms with E-state index in [-0.39, 0.29) is 17.5 Å². The molecule has 2 aromatic carbocycles. The van der Waals surface area contributed by atoms with Gasteiger partial charge in [0.2, 0.25) is 0 Å². The summed E-state index contributed by atoms with van der Waals surface area (Å²) in [6.45, 7) is 1.33. The fourth-order valence-corrected chi connectivity index (χ4v) is 3.28. The molecule has 1 amide bonds. The van der Waals surface area contributed by atoms with Gasteiger partial charge in [0.25, 0.3) is 5.91 Å². The maximum atomic E-state index is 13.0. The van der Waals surface area contributed by atoms with E-state index in [2.05, 4.69) is 0 Å². The van der Waals surface area contributed by atoms with Gasteiger partial charge in [0.15, 0.2) is 0 Å². The number of hydrogen-bond acceptors (Lipinski definition) is 3. The van der Waals surface area contributed by atoms with Crippen molar-refractivity contribution in [2.75, 3.05) is 20.2 Å². The number of methoxy groups -OCH3 is 1. The monoisotopic (exact) mass is 343 g/mol. The molecule has 132 valence electrons. The van der Waals surface area contributed by atoms with Crippen LogP contribution in [0, 0.1) is 11.7 Å². The predicted molar refractivity (Wildman–Crippen MR) is 93.4 cm³/mol. The number of phenols is 1. The standard InChI is InChI=1S/C20H22FNO3/c1-25-17-6-7-18(19(23)13-17)20(24)22-10-8-15(9-11-22)12-14-2-4-16(21)5-3-14/h2-7,13,15,23H,8-12H2,1H3. The number of hydrogen-bond donors (Lipinski definition) is 1. The van der Waals surface area contributed by atoms with Gasteiger partial charge in [-0.3, -0.25) is 4.79 Å². The van der Waals surface area contributed by atoms with Crippen molar-refractivity contribution in [2.24, 2.45) is 5.92 Å². The molecule has 1 aliphatic heterocycles. The van der Waals surface area contributed by atoms with Crippen molar-refractivity contribution >= 4 is 5.91 Å². The molecule has 3 rings (SSSR count). The van der Waals surface area contributed by atoms with Crippen molar-refractivity contribution in [2.45, 2.75) is 19.3 Å². The quantitative estimate of drug-likeness (QED) is 0.922. The Labute approximate surface area is 146 Å². The van der Waals surface area contributed by atoms with Crippen LogP contribution in [0.15, 0.2) is 42.5 Å². The Kier molecular flexibility index (Phi) is 5.22. The third kappa shape index (κ3) is 4.10. The molecule has 1 N–H and O–H groups in total. The SMILES string of the molecule is COc1ccc(C(=O)N2CCC(Cc3ccc(F)cc3)CC2)c(O)c1. The van der Waals surface area contributed by atoms with E-state index in [4.69, 9.17) is 4.74 Å². The molecule has 0 atom stereocenters. The molecule has 1 fully saturated rings. The van der Waals surface area contributed by atoms with Crippen LogP contribution in [0.25, 0.3) is 0 Å². The molecule has 0 radical (unpaired) electrons. The first-order valence-electron chi connectivity index (χ1n) is 8.47. The lowest BCUT2D eigenvalue weighted by molar-refractivity contribution is 0.0687. The van der Waals surface area contributed by atoms with Gasteiger partial charge in [0.05, 0.1) is 12.7 Å². The fourth-order valence-electron chi connectivity index (χ4n) is 3.28. The maximum absolute atomic E-state index is 13.0. The molecule has 1 saturated heterocycles. The van der Waals surface area contributed by atoms with Gasteiger partial charge in [-0.25, -0.2) is 4.39 Å². The molecule has 0 bridgehead atoms. The number of carbonyl (C=O) groups is 1. The number of ether oxygens (including phenoxy) is 1. The number of piperidine rings is 1. The van der Waals surface area contributed by atoms with Crippen LogP contribution < -0.4 is 4.74 Å². The summed E-state index contributed by atoms with van der Waals surface area (Å²) < 4.78 is 18.0. The van der Waals surface area contributed by atoms with E-state index in [0.29, 0.717) is 30.3 Å². The van der Waals surface area contributed by atoms with E-state index in [9.17, 15) is 14.3 Å². The molecule has 4 nitrogen and oxygen atoms in total. The molecule has 0 saturated carbocycles. The van der Waals surface area contributed by atoms with Gasteiger partial charge in [0.1, 0.15) is 17.3 Å². The molecule has 0 aliphatic carbocycles. The number of aromatic hydroxyl groups is 1. The molecule has 1 aliphatic rings. The maximum Gasteiger partial charge on any atom is 0.257 e. The largest absolute Gasteiger partial charge is 0.507 e. The molecule has 0 aromatic heterocycles. The second-order valence-electron chi connectivity index (χ2n) is 6.45. The Morgan fingerprint density at radius 1 is 1.20 bits per heavy atom. The van der Waals surface area contributed by atoms with Crippen molar-refractivity contribution in [3.8, 4) is 11.5 Å². The highest BCUT2D eigenvalue weighted by atomic mass is 19.1. The van der Waals surface area contributed by atoms with Crippen LogP contribution in [0.1, 0.15) is 28.8 Å². The number of amides is 1. The average Bonchev–Trinajstić information content (AvgIpc) is 2.63. The summed E-state index contributed by atoms with van der Waals surface area (Å²) in [5.41, 5.74) is 1.43. The molecular weight excluding hydrogens is 321 g/mol. The van der Waals surface area contributed by atoms with Crippen LogP contribution in [0.4, 0.5) is 4.39 Å². The minimum atomic E-state index is -0.219. The van der Waals surface area contributed by atoms with E-state index in [1.807, 2.05) is 12.1 Å². The minimum Gasteiger partial charge on any atom is -0.507 e. The number of halogens is 1. The van der Waals surface area contributed by atoms with Crippen molar-refractivity contribution in [3.63, 3.8) is 0 Å². The highest BCUT2D eigenvalue weighted by molar-refractivity contribution is 5.97. The molecule has 0 unspecified atom stereocenters. The van der Waals surface area contributed by atoms with Gasteiger partial charge in [-0.2, -0.15) is 0 Å². The molecule has 1 heterocycles. The summed E-state index contributed by atoms with van der Waals surface area (Å²) in [7, 11) is 1.52. The molecule has 0 spiro atoms. The van der Waals surface area contributed by atoms with Crippen molar-refractivity contribution in [1.82, 2.24) is 4.90 Å². The average molecular weight is 343 g/mol. The van der Waals surface area contributed by atoms with Crippen LogP contribution in [0.5, 0.6) is 11.5 Å². The Bertz CT molecular complexity index is 737. The number of benzene rings is 2. The lowest BCUT2D eigenvalue weighted by Crippen LogP contribution is -2.38. The zero-order chi connectivity index (χ0) is 17.8. The van der Waals surface area contributed by atoms with Crippen LogP contribution in [0.2, 0.25) is 0 Å². The van der Waals surface area contributed by atoms with Crippen LogP contribution >= 0.6 is 0 Å². The van der Waals surface area contributed by atoms with Crippen LogP contribution in [-0.4, -0.2) is 36.1 Å². The van der Waals surface area contributed by atoms with Crippen LogP contribution in [-0.2, 0) is 6.42 Å². The van der Waals surface area contributed by atoms with Gasteiger partial charge >= 0.3 is 0 Å². The Balaban J connectivity index is 1.58. The highest BCUT2D eigenvalue weighted by Crippen LogP contribution is 2.27. The molecular formula is C20H22FNO3. The van der Waals surface area contributed by atoms with Gasteiger partial charge < -0.3 is 14.7 Å². The first-order valence-corrected chi connectivity index (χ1v) is 8.47. The Hall–Kier alpha value is -2.56. The second kappa shape index (κ2) is 7.55. The number of carbonyl (C=O) groups excluding carboxylic acids is 1. The first kappa shape index (κ1) is 17.3. The van der Waals surface area contributed by atoms with E-state index in [0.717, 1.165) is 24.8 Å². The van der Waals surface area contributed by atoms with Gasteiger partial charge in [0, 0.05) is 19.2 Å². The number of phenolic OH excluding ortho intramolecular Hbond substituents is 1. The summed E-state index contributed by atoms with van der Waals surface area (Å²) in [5.74, 6) is 0.577. The fraction of sp³-hybridized carbons (Fsp3) is 0.350. The van der Waals surface area contributed by atoms with Crippen LogP contribution in [0.3, 0.4) is 0 Å². The summed E-state index contributed by atoms with van der Waals surface area (Å²) in [4.78, 5) is 14.4. The first-order chi connectivity index (χ1) is 12.1. The van der Waals surface area contributed by atoms with Gasteiger partial charge in [-0.15, -0.1) is 0 Å². The summed E-state index contributed by atoms with van der Waals surface area (Å²) in [5, 5.41) is 10.0. The van der Waals surface area contributed by atoms with Crippen molar-refractivity contribution in [1.29, 1.82) is 0 Å². The third-order valence-corrected chi connectivity index (χ3v) is 4.77. The lowest BCUT2D eigenvalue weighted by atomic mass is 9.90. The summed E-state index contributed by atoms with van der Waals surface area (Å²) in [6, 6.07) is 11.3. The zero-order valence-electron chi connectivity index (χ0n) is 14.2. The van der Waals surface area contributed by atoms with E-state index < -0.39 is 0 Å². The number of likely N-dealkylation sites (tertiary alicyclic amines) is 1. The third-order valence-electron chi connectivity index (χ3n) is 4.77. The minimum absolute atomic E-state index is 0.0576. The lowest BCUT2D eigenvalue weighted by Gasteiger charge is -2.32. The Morgan fingerprint density at radius 2 is 1.88 bits per heavy atom. The van der Waals surface area contributed by atoms with Gasteiger partial charge in [-0.1, -0.05) is 12.1 Å². The predicted octanol–water partition coefficient (Wildman–Crippen LogP) is 3.63. The summed E-state index contributed by atoms with van der Waals surface area (Å²) in [6.07, 6.45) is 2.70. The number of nitrogens with zero attached hydrogens (tertiary/aromatic N) is 1. The highest BCUT2D eigenvalue weighted by Gasteiger charge is 2.25. The normalized spacial score (nSPS) is 15.2. The van der Waals surface area contributed by atoms with Crippen molar-refractivity contribution < 1.29 is 19.0 Å². The molecule has 5 heteroatoms. The number of rotatable bonds is 4.